The Balaban J connectivity index is 2.52. The van der Waals surface area contributed by atoms with Crippen molar-refractivity contribution in [2.45, 2.75) is 26.8 Å². The van der Waals surface area contributed by atoms with E-state index < -0.39 is 0 Å². The van der Waals surface area contributed by atoms with Gasteiger partial charge in [-0.25, -0.2) is 0 Å². The second-order valence-corrected chi connectivity index (χ2v) is 5.85. The van der Waals surface area contributed by atoms with Crippen LogP contribution in [0.25, 0.3) is 11.0 Å². The summed E-state index contributed by atoms with van der Waals surface area (Å²) in [6.45, 7) is 5.47. The summed E-state index contributed by atoms with van der Waals surface area (Å²) in [5.74, 6) is 0.657. The summed E-state index contributed by atoms with van der Waals surface area (Å²) < 4.78 is 4.27. The molecule has 16 heavy (non-hydrogen) atoms. The molecule has 0 aliphatic heterocycles. The normalized spacial score (nSPS) is 13.2. The van der Waals surface area contributed by atoms with Gasteiger partial charge < -0.3 is 9.55 Å². The Labute approximate surface area is 114 Å². The topological polar surface area (TPSA) is 20.7 Å². The molecule has 0 aliphatic rings. The lowest BCUT2D eigenvalue weighted by atomic mass is 10.1. The predicted octanol–water partition coefficient (Wildman–Crippen LogP) is 4.35. The van der Waals surface area contributed by atoms with Crippen molar-refractivity contribution in [3.63, 3.8) is 0 Å². The smallest absolute Gasteiger partial charge is 0.178 e. The van der Waals surface area contributed by atoms with Crippen molar-refractivity contribution in [1.29, 1.82) is 0 Å². The Kier molecular flexibility index (Phi) is 3.69. The first-order valence-corrected chi connectivity index (χ1v) is 6.98. The zero-order chi connectivity index (χ0) is 11.7. The van der Waals surface area contributed by atoms with Gasteiger partial charge in [-0.3, -0.25) is 0 Å². The van der Waals surface area contributed by atoms with Crippen molar-refractivity contribution in [1.82, 2.24) is 9.55 Å². The molecule has 1 atom stereocenters. The van der Waals surface area contributed by atoms with E-state index in [9.17, 15) is 0 Å². The van der Waals surface area contributed by atoms with Crippen LogP contribution < -0.4 is 0 Å². The summed E-state index contributed by atoms with van der Waals surface area (Å²) in [6.07, 6.45) is 1.18. The van der Waals surface area contributed by atoms with E-state index in [1.165, 1.54) is 15.5 Å². The molecule has 0 radical (unpaired) electrons. The van der Waals surface area contributed by atoms with E-state index >= 15 is 0 Å². The highest BCUT2D eigenvalue weighted by Gasteiger charge is 2.07. The van der Waals surface area contributed by atoms with Crippen LogP contribution in [0.1, 0.15) is 20.3 Å². The van der Waals surface area contributed by atoms with Crippen molar-refractivity contribution in [3.05, 3.63) is 26.5 Å². The van der Waals surface area contributed by atoms with Crippen LogP contribution >= 0.6 is 34.8 Å². The average molecular weight is 346 g/mol. The number of hydrogen-bond acceptors (Lipinski definition) is 1. The maximum atomic E-state index is 5.37. The Morgan fingerprint density at radius 3 is 2.94 bits per heavy atom. The second-order valence-electron chi connectivity index (χ2n) is 4.22. The van der Waals surface area contributed by atoms with Crippen LogP contribution in [0, 0.1) is 14.3 Å². The van der Waals surface area contributed by atoms with E-state index in [1.54, 1.807) is 0 Å². The van der Waals surface area contributed by atoms with Crippen molar-refractivity contribution < 1.29 is 0 Å². The summed E-state index contributed by atoms with van der Waals surface area (Å²) in [5, 5.41) is 0. The summed E-state index contributed by atoms with van der Waals surface area (Å²) in [4.78, 5) is 3.27. The third kappa shape index (κ3) is 2.32. The number of nitrogens with zero attached hydrogens (tertiary/aromatic N) is 1. The van der Waals surface area contributed by atoms with Gasteiger partial charge in [0.25, 0.3) is 0 Å². The molecule has 1 unspecified atom stereocenters. The van der Waals surface area contributed by atoms with Gasteiger partial charge in [0.15, 0.2) is 4.77 Å². The fourth-order valence-corrected chi connectivity index (χ4v) is 2.53. The molecule has 1 aromatic heterocycles. The summed E-state index contributed by atoms with van der Waals surface area (Å²) >= 11 is 7.69. The quantitative estimate of drug-likeness (QED) is 0.647. The maximum absolute atomic E-state index is 5.37. The molecular formula is C12H15IN2S. The van der Waals surface area contributed by atoms with Gasteiger partial charge in [-0.2, -0.15) is 0 Å². The van der Waals surface area contributed by atoms with E-state index in [2.05, 4.69) is 64.2 Å². The molecule has 86 valence electrons. The molecule has 1 aromatic carbocycles. The number of aromatic amines is 1. The highest BCUT2D eigenvalue weighted by atomic mass is 127. The fourth-order valence-electron chi connectivity index (χ4n) is 1.76. The third-order valence-electron chi connectivity index (χ3n) is 2.93. The summed E-state index contributed by atoms with van der Waals surface area (Å²) in [7, 11) is 0. The molecule has 0 aliphatic carbocycles. The molecule has 2 nitrogen and oxygen atoms in total. The van der Waals surface area contributed by atoms with Gasteiger partial charge >= 0.3 is 0 Å². The van der Waals surface area contributed by atoms with Crippen molar-refractivity contribution in [2.24, 2.45) is 5.92 Å². The highest BCUT2D eigenvalue weighted by Crippen LogP contribution is 2.19. The van der Waals surface area contributed by atoms with Gasteiger partial charge in [0.2, 0.25) is 0 Å². The Hall–Kier alpha value is -0.360. The number of hydrogen-bond donors (Lipinski definition) is 1. The molecule has 2 aromatic rings. The standard InChI is InChI=1S/C12H15IN2S/c1-3-8(2)7-15-11-5-4-9(13)6-10(11)14-12(15)16/h4-6,8H,3,7H2,1-2H3,(H,14,16). The van der Waals surface area contributed by atoms with Crippen molar-refractivity contribution >= 4 is 45.8 Å². The van der Waals surface area contributed by atoms with Gasteiger partial charge in [0, 0.05) is 10.1 Å². The molecule has 4 heteroatoms. The van der Waals surface area contributed by atoms with E-state index in [-0.39, 0.29) is 0 Å². The molecule has 0 saturated carbocycles. The second kappa shape index (κ2) is 4.87. The number of fused-ring (bicyclic) bond motifs is 1. The third-order valence-corrected chi connectivity index (χ3v) is 3.92. The van der Waals surface area contributed by atoms with Crippen molar-refractivity contribution in [2.75, 3.05) is 0 Å². The minimum Gasteiger partial charge on any atom is -0.331 e. The first kappa shape index (κ1) is 12.1. The molecular weight excluding hydrogens is 331 g/mol. The largest absolute Gasteiger partial charge is 0.331 e. The van der Waals surface area contributed by atoms with Crippen LogP contribution in [-0.4, -0.2) is 9.55 Å². The Morgan fingerprint density at radius 1 is 1.50 bits per heavy atom. The van der Waals surface area contributed by atoms with Crippen LogP contribution in [-0.2, 0) is 6.54 Å². The molecule has 1 heterocycles. The first-order chi connectivity index (χ1) is 7.61. The summed E-state index contributed by atoms with van der Waals surface area (Å²) in [6, 6.07) is 6.41. The SMILES string of the molecule is CCC(C)Cn1c(=S)[nH]c2cc(I)ccc21. The lowest BCUT2D eigenvalue weighted by Gasteiger charge is -2.10. The van der Waals surface area contributed by atoms with Crippen LogP contribution in [0.15, 0.2) is 18.2 Å². The van der Waals surface area contributed by atoms with Gasteiger partial charge in [0.1, 0.15) is 0 Å². The number of halogens is 1. The highest BCUT2D eigenvalue weighted by molar-refractivity contribution is 14.1. The Morgan fingerprint density at radius 2 is 2.25 bits per heavy atom. The van der Waals surface area contributed by atoms with Gasteiger partial charge in [-0.05, 0) is 58.9 Å². The van der Waals surface area contributed by atoms with Gasteiger partial charge in [-0.15, -0.1) is 0 Å². The fraction of sp³-hybridized carbons (Fsp3) is 0.417. The number of benzene rings is 1. The van der Waals surface area contributed by atoms with Crippen LogP contribution in [0.3, 0.4) is 0 Å². The number of H-pyrrole nitrogens is 1. The predicted molar refractivity (Wildman–Crippen MR) is 79.3 cm³/mol. The van der Waals surface area contributed by atoms with E-state index in [4.69, 9.17) is 12.2 Å². The zero-order valence-corrected chi connectivity index (χ0v) is 12.4. The lowest BCUT2D eigenvalue weighted by molar-refractivity contribution is 0.473. The zero-order valence-electron chi connectivity index (χ0n) is 9.46. The molecule has 0 fully saturated rings. The minimum atomic E-state index is 0.657. The Bertz CT molecular complexity index is 556. The number of rotatable bonds is 3. The molecule has 0 saturated heterocycles. The minimum absolute atomic E-state index is 0.657. The van der Waals surface area contributed by atoms with Crippen LogP contribution in [0.2, 0.25) is 0 Å². The number of aromatic nitrogens is 2. The first-order valence-electron chi connectivity index (χ1n) is 5.50. The maximum Gasteiger partial charge on any atom is 0.178 e. The molecule has 0 amide bonds. The molecule has 1 N–H and O–H groups in total. The van der Waals surface area contributed by atoms with Gasteiger partial charge in [-0.1, -0.05) is 20.3 Å². The van der Waals surface area contributed by atoms with Crippen LogP contribution in [0.5, 0.6) is 0 Å². The van der Waals surface area contributed by atoms with Crippen LogP contribution in [0.4, 0.5) is 0 Å². The molecule has 0 bridgehead atoms. The number of imidazole rings is 1. The van der Waals surface area contributed by atoms with E-state index in [0.29, 0.717) is 5.92 Å². The molecule has 2 rings (SSSR count). The van der Waals surface area contributed by atoms with Gasteiger partial charge in [0.05, 0.1) is 11.0 Å². The van der Waals surface area contributed by atoms with E-state index in [0.717, 1.165) is 16.8 Å². The van der Waals surface area contributed by atoms with E-state index in [1.807, 2.05) is 0 Å². The summed E-state index contributed by atoms with van der Waals surface area (Å²) in [5.41, 5.74) is 2.35. The molecule has 0 spiro atoms. The number of nitrogens with one attached hydrogen (secondary N) is 1. The van der Waals surface area contributed by atoms with Crippen molar-refractivity contribution in [3.8, 4) is 0 Å². The average Bonchev–Trinajstić information content (AvgIpc) is 2.54. The monoisotopic (exact) mass is 346 g/mol. The lowest BCUT2D eigenvalue weighted by Crippen LogP contribution is -2.06.